The molecule has 2 rings (SSSR count). The molecule has 1 aliphatic rings. The molecule has 6 nitrogen and oxygen atoms in total. The number of hydrogen-bond acceptors (Lipinski definition) is 3. The van der Waals surface area contributed by atoms with Gasteiger partial charge in [-0.25, -0.2) is 0 Å². The molecule has 1 atom stereocenters. The number of aliphatic imine (C=N–C) groups is 1. The van der Waals surface area contributed by atoms with E-state index in [1.165, 1.54) is 0 Å². The summed E-state index contributed by atoms with van der Waals surface area (Å²) in [4.78, 5) is 17.7. The molecule has 0 spiro atoms. The van der Waals surface area contributed by atoms with Gasteiger partial charge >= 0.3 is 0 Å². The lowest BCUT2D eigenvalue weighted by Crippen LogP contribution is -2.46. The van der Waals surface area contributed by atoms with Gasteiger partial charge in [-0.15, -0.1) is 24.0 Å². The van der Waals surface area contributed by atoms with Crippen LogP contribution >= 0.6 is 39.9 Å². The van der Waals surface area contributed by atoms with E-state index in [1.54, 1.807) is 14.2 Å². The van der Waals surface area contributed by atoms with Crippen molar-refractivity contribution in [3.05, 3.63) is 28.2 Å². The third-order valence-corrected chi connectivity index (χ3v) is 4.69. The number of amides is 1. The fraction of sp³-hybridized carbons (Fsp3) is 0.529. The topological polar surface area (TPSA) is 80.0 Å². The van der Waals surface area contributed by atoms with Gasteiger partial charge in [-0.05, 0) is 37.0 Å². The number of hydrogen-bond donors (Lipinski definition) is 2. The van der Waals surface area contributed by atoms with E-state index in [1.807, 2.05) is 18.2 Å². The fourth-order valence-corrected chi connectivity index (χ4v) is 3.51. The first-order valence-corrected chi connectivity index (χ1v) is 8.89. The van der Waals surface area contributed by atoms with Gasteiger partial charge in [-0.3, -0.25) is 9.79 Å². The smallest absolute Gasteiger partial charge is 0.217 e. The minimum atomic E-state index is -0.233. The summed E-state index contributed by atoms with van der Waals surface area (Å²) in [5.74, 6) is 1.75. The van der Waals surface area contributed by atoms with Gasteiger partial charge in [-0.1, -0.05) is 15.9 Å². The van der Waals surface area contributed by atoms with Gasteiger partial charge in [0.1, 0.15) is 5.75 Å². The lowest BCUT2D eigenvalue weighted by atomic mass is 9.95. The van der Waals surface area contributed by atoms with E-state index in [2.05, 4.69) is 31.1 Å². The molecule has 0 bridgehead atoms. The number of methoxy groups -OCH3 is 1. The highest BCUT2D eigenvalue weighted by Crippen LogP contribution is 2.23. The van der Waals surface area contributed by atoms with Crippen molar-refractivity contribution in [3.63, 3.8) is 0 Å². The van der Waals surface area contributed by atoms with Crippen LogP contribution in [0.1, 0.15) is 24.8 Å². The number of nitrogens with one attached hydrogen (secondary N) is 1. The molecule has 1 aliphatic heterocycles. The van der Waals surface area contributed by atoms with Crippen molar-refractivity contribution in [1.29, 1.82) is 0 Å². The Morgan fingerprint density at radius 1 is 1.52 bits per heavy atom. The highest BCUT2D eigenvalue weighted by atomic mass is 127. The Bertz CT molecular complexity index is 612. The van der Waals surface area contributed by atoms with Gasteiger partial charge in [0.15, 0.2) is 5.96 Å². The van der Waals surface area contributed by atoms with Crippen molar-refractivity contribution < 1.29 is 9.53 Å². The van der Waals surface area contributed by atoms with Crippen molar-refractivity contribution >= 4 is 51.8 Å². The Balaban J connectivity index is 0.00000312. The number of likely N-dealkylation sites (tertiary alicyclic amines) is 1. The number of ether oxygens (including phenoxy) is 1. The van der Waals surface area contributed by atoms with Crippen LogP contribution in [0.4, 0.5) is 0 Å². The van der Waals surface area contributed by atoms with E-state index in [9.17, 15) is 4.79 Å². The van der Waals surface area contributed by atoms with Gasteiger partial charge in [0.2, 0.25) is 5.91 Å². The van der Waals surface area contributed by atoms with Crippen LogP contribution in [0.25, 0.3) is 0 Å². The molecule has 0 radical (unpaired) electrons. The van der Waals surface area contributed by atoms with E-state index >= 15 is 0 Å². The molecule has 0 aliphatic carbocycles. The van der Waals surface area contributed by atoms with Gasteiger partial charge in [0.25, 0.3) is 0 Å². The van der Waals surface area contributed by atoms with Crippen LogP contribution in [0, 0.1) is 5.92 Å². The average molecular weight is 525 g/mol. The number of primary amides is 1. The predicted molar refractivity (Wildman–Crippen MR) is 114 cm³/mol. The molecular weight excluding hydrogens is 499 g/mol. The van der Waals surface area contributed by atoms with Crippen molar-refractivity contribution in [1.82, 2.24) is 10.2 Å². The maximum Gasteiger partial charge on any atom is 0.217 e. The quantitative estimate of drug-likeness (QED) is 0.352. The van der Waals surface area contributed by atoms with Crippen LogP contribution in [0.15, 0.2) is 27.7 Å². The molecule has 1 unspecified atom stereocenters. The minimum Gasteiger partial charge on any atom is -0.496 e. The predicted octanol–water partition coefficient (Wildman–Crippen LogP) is 2.74. The first-order valence-electron chi connectivity index (χ1n) is 8.09. The number of halogens is 2. The molecular formula is C17H26BrIN4O2. The molecule has 1 amide bonds. The summed E-state index contributed by atoms with van der Waals surface area (Å²) in [5, 5.41) is 3.39. The Morgan fingerprint density at radius 3 is 2.92 bits per heavy atom. The van der Waals surface area contributed by atoms with Crippen LogP contribution in [0.2, 0.25) is 0 Å². The molecule has 0 aromatic heterocycles. The van der Waals surface area contributed by atoms with Gasteiger partial charge in [0, 0.05) is 43.1 Å². The maximum absolute atomic E-state index is 11.2. The lowest BCUT2D eigenvalue weighted by Gasteiger charge is -2.34. The summed E-state index contributed by atoms with van der Waals surface area (Å²) in [6, 6.07) is 5.93. The van der Waals surface area contributed by atoms with Crippen LogP contribution < -0.4 is 15.8 Å². The molecule has 0 saturated carbocycles. The molecule has 1 aromatic carbocycles. The normalized spacial score (nSPS) is 17.6. The van der Waals surface area contributed by atoms with Crippen molar-refractivity contribution in [3.8, 4) is 5.75 Å². The molecule has 3 N–H and O–H groups in total. The standard InChI is InChI=1S/C17H25BrN4O2.HI/c1-20-17(22-7-3-4-12(11-22)8-16(19)23)21-10-13-9-14(18)5-6-15(13)24-2;/h5-6,9,12H,3-4,7-8,10-11H2,1-2H3,(H2,19,23)(H,20,21);1H. The number of nitrogens with two attached hydrogens (primary N) is 1. The largest absolute Gasteiger partial charge is 0.496 e. The summed E-state index contributed by atoms with van der Waals surface area (Å²) in [6.45, 7) is 2.36. The number of benzene rings is 1. The second-order valence-electron chi connectivity index (χ2n) is 5.98. The molecule has 140 valence electrons. The number of nitrogens with zero attached hydrogens (tertiary/aromatic N) is 2. The van der Waals surface area contributed by atoms with Crippen molar-refractivity contribution in [2.24, 2.45) is 16.6 Å². The summed E-state index contributed by atoms with van der Waals surface area (Å²) in [5.41, 5.74) is 6.39. The van der Waals surface area contributed by atoms with E-state index in [4.69, 9.17) is 10.5 Å². The van der Waals surface area contributed by atoms with E-state index in [0.29, 0.717) is 18.9 Å². The summed E-state index contributed by atoms with van der Waals surface area (Å²) in [6.07, 6.45) is 2.52. The molecule has 1 saturated heterocycles. The first-order chi connectivity index (χ1) is 11.5. The Kier molecular flexibility index (Phi) is 9.55. The molecule has 25 heavy (non-hydrogen) atoms. The Hall–Kier alpha value is -1.03. The second-order valence-corrected chi connectivity index (χ2v) is 6.90. The molecule has 1 fully saturated rings. The zero-order chi connectivity index (χ0) is 17.5. The summed E-state index contributed by atoms with van der Waals surface area (Å²) in [7, 11) is 3.44. The number of piperidine rings is 1. The van der Waals surface area contributed by atoms with Crippen molar-refractivity contribution in [2.45, 2.75) is 25.8 Å². The minimum absolute atomic E-state index is 0. The number of carbonyl (C=O) groups excluding carboxylic acids is 1. The fourth-order valence-electron chi connectivity index (χ4n) is 3.10. The maximum atomic E-state index is 11.2. The third-order valence-electron chi connectivity index (χ3n) is 4.20. The Labute approximate surface area is 174 Å². The Morgan fingerprint density at radius 2 is 2.28 bits per heavy atom. The average Bonchev–Trinajstić information content (AvgIpc) is 2.55. The van der Waals surface area contributed by atoms with Crippen LogP contribution in [-0.2, 0) is 11.3 Å². The monoisotopic (exact) mass is 524 g/mol. The summed E-state index contributed by atoms with van der Waals surface area (Å²) < 4.78 is 6.42. The zero-order valence-corrected chi connectivity index (χ0v) is 18.5. The summed E-state index contributed by atoms with van der Waals surface area (Å²) >= 11 is 3.49. The van der Waals surface area contributed by atoms with E-state index in [-0.39, 0.29) is 29.9 Å². The molecule has 8 heteroatoms. The molecule has 1 heterocycles. The molecule has 1 aromatic rings. The van der Waals surface area contributed by atoms with Crippen LogP contribution in [0.3, 0.4) is 0 Å². The van der Waals surface area contributed by atoms with Gasteiger partial charge < -0.3 is 20.7 Å². The first kappa shape index (κ1) is 22.0. The van der Waals surface area contributed by atoms with E-state index in [0.717, 1.165) is 47.7 Å². The lowest BCUT2D eigenvalue weighted by molar-refractivity contribution is -0.119. The second kappa shape index (κ2) is 10.8. The van der Waals surface area contributed by atoms with Gasteiger partial charge in [0.05, 0.1) is 7.11 Å². The van der Waals surface area contributed by atoms with Crippen molar-refractivity contribution in [2.75, 3.05) is 27.2 Å². The highest BCUT2D eigenvalue weighted by Gasteiger charge is 2.23. The van der Waals surface area contributed by atoms with E-state index < -0.39 is 0 Å². The third kappa shape index (κ3) is 6.65. The van der Waals surface area contributed by atoms with Crippen LogP contribution in [-0.4, -0.2) is 44.0 Å². The SMILES string of the molecule is CN=C(NCc1cc(Br)ccc1OC)N1CCCC(CC(N)=O)C1.I. The zero-order valence-electron chi connectivity index (χ0n) is 14.6. The number of carbonyl (C=O) groups is 1. The number of rotatable bonds is 5. The van der Waals surface area contributed by atoms with Gasteiger partial charge in [-0.2, -0.15) is 0 Å². The highest BCUT2D eigenvalue weighted by molar-refractivity contribution is 14.0. The number of guanidine groups is 1. The van der Waals surface area contributed by atoms with Crippen LogP contribution in [0.5, 0.6) is 5.75 Å².